The number of hydrogen-bond donors (Lipinski definition) is 0. The van der Waals surface area contributed by atoms with Crippen LogP contribution in [0.2, 0.25) is 0 Å². The molecular weight excluding hydrogens is 418 g/mol. The average molecular weight is 434 g/mol. The van der Waals surface area contributed by atoms with Crippen molar-refractivity contribution >= 4 is 50.1 Å². The maximum absolute atomic E-state index is 6.22. The highest BCUT2D eigenvalue weighted by atomic mass is 127. The first kappa shape index (κ1) is 15.8. The first-order valence-corrected chi connectivity index (χ1v) is 7.77. The van der Waals surface area contributed by atoms with Gasteiger partial charge in [0.2, 0.25) is 5.79 Å². The molecule has 1 aliphatic heterocycles. The van der Waals surface area contributed by atoms with Crippen molar-refractivity contribution in [1.82, 2.24) is 0 Å². The maximum Gasteiger partial charge on any atom is 0.234 e. The Morgan fingerprint density at radius 3 is 2.71 bits per heavy atom. The minimum Gasteiger partial charge on any atom is -0.340 e. The second-order valence-corrected chi connectivity index (χ2v) is 6.42. The lowest BCUT2D eigenvalue weighted by molar-refractivity contribution is -0.233. The topological polar surface area (TPSA) is 18.5 Å². The van der Waals surface area contributed by atoms with Crippen LogP contribution in [-0.4, -0.2) is 24.4 Å². The molecule has 1 aliphatic rings. The molecule has 0 spiro atoms. The van der Waals surface area contributed by atoms with E-state index in [0.717, 1.165) is 22.8 Å². The zero-order valence-corrected chi connectivity index (χ0v) is 14.0. The predicted octanol–water partition coefficient (Wildman–Crippen LogP) is 4.20. The van der Waals surface area contributed by atoms with Crippen LogP contribution in [0.1, 0.15) is 25.7 Å². The lowest BCUT2D eigenvalue weighted by Gasteiger charge is -2.33. The van der Waals surface area contributed by atoms with Crippen LogP contribution in [-0.2, 0) is 9.47 Å². The smallest absolute Gasteiger partial charge is 0.234 e. The van der Waals surface area contributed by atoms with Crippen molar-refractivity contribution in [1.29, 1.82) is 0 Å². The van der Waals surface area contributed by atoms with Gasteiger partial charge in [-0.1, -0.05) is 6.58 Å². The van der Waals surface area contributed by atoms with Gasteiger partial charge in [0.1, 0.15) is 0 Å². The zero-order valence-electron chi connectivity index (χ0n) is 9.48. The van der Waals surface area contributed by atoms with Crippen molar-refractivity contribution in [2.45, 2.75) is 36.8 Å². The molecule has 1 unspecified atom stereocenters. The second kappa shape index (κ2) is 8.00. The SMILES string of the molecule is C=C(I)CC(Cl)CCC1(C#CBr)OCCCO1. The van der Waals surface area contributed by atoms with Gasteiger partial charge in [-0.05, 0) is 56.2 Å². The van der Waals surface area contributed by atoms with Crippen LogP contribution in [0.25, 0.3) is 0 Å². The van der Waals surface area contributed by atoms with Crippen molar-refractivity contribution in [3.8, 4) is 10.8 Å². The summed E-state index contributed by atoms with van der Waals surface area (Å²) in [4.78, 5) is 2.69. The zero-order chi connectivity index (χ0) is 12.7. The molecule has 5 heteroatoms. The molecule has 0 aromatic rings. The number of halogens is 3. The van der Waals surface area contributed by atoms with E-state index in [1.807, 2.05) is 0 Å². The van der Waals surface area contributed by atoms with Crippen LogP contribution < -0.4 is 0 Å². The van der Waals surface area contributed by atoms with E-state index >= 15 is 0 Å². The van der Waals surface area contributed by atoms with Gasteiger partial charge in [0, 0.05) is 27.7 Å². The first-order valence-electron chi connectivity index (χ1n) is 5.46. The predicted molar refractivity (Wildman–Crippen MR) is 82.6 cm³/mol. The number of alkyl halides is 1. The van der Waals surface area contributed by atoms with E-state index in [4.69, 9.17) is 21.1 Å². The number of rotatable bonds is 5. The van der Waals surface area contributed by atoms with Crippen LogP contribution in [0.4, 0.5) is 0 Å². The molecule has 0 bridgehead atoms. The maximum atomic E-state index is 6.22. The van der Waals surface area contributed by atoms with Gasteiger partial charge in [0.15, 0.2) is 0 Å². The van der Waals surface area contributed by atoms with E-state index in [1.54, 1.807) is 0 Å². The van der Waals surface area contributed by atoms with Gasteiger partial charge < -0.3 is 9.47 Å². The molecule has 0 aromatic heterocycles. The molecule has 0 aliphatic carbocycles. The molecule has 0 aromatic carbocycles. The molecule has 1 rings (SSSR count). The van der Waals surface area contributed by atoms with Crippen molar-refractivity contribution < 1.29 is 9.47 Å². The average Bonchev–Trinajstić information content (AvgIpc) is 2.27. The Hall–Kier alpha value is 0.720. The second-order valence-electron chi connectivity index (χ2n) is 3.88. The van der Waals surface area contributed by atoms with Gasteiger partial charge >= 0.3 is 0 Å². The van der Waals surface area contributed by atoms with Gasteiger partial charge in [-0.15, -0.1) is 11.6 Å². The molecule has 0 saturated carbocycles. The Balaban J connectivity index is 2.48. The molecule has 1 fully saturated rings. The summed E-state index contributed by atoms with van der Waals surface area (Å²) in [6.07, 6.45) is 3.20. The molecule has 0 amide bonds. The largest absolute Gasteiger partial charge is 0.340 e. The van der Waals surface area contributed by atoms with Crippen LogP contribution in [0, 0.1) is 10.8 Å². The molecule has 0 N–H and O–H groups in total. The van der Waals surface area contributed by atoms with Gasteiger partial charge in [0.25, 0.3) is 0 Å². The summed E-state index contributed by atoms with van der Waals surface area (Å²) >= 11 is 11.5. The molecule has 1 saturated heterocycles. The third kappa shape index (κ3) is 5.93. The summed E-state index contributed by atoms with van der Waals surface area (Å²) in [5, 5.41) is 0.0579. The molecule has 96 valence electrons. The Morgan fingerprint density at radius 2 is 2.18 bits per heavy atom. The summed E-state index contributed by atoms with van der Waals surface area (Å²) in [6, 6.07) is 0. The van der Waals surface area contributed by atoms with Gasteiger partial charge in [0.05, 0.1) is 13.2 Å². The number of allylic oxidation sites excluding steroid dienone is 1. The number of hydrogen-bond acceptors (Lipinski definition) is 2. The molecular formula is C12H15BrClIO2. The van der Waals surface area contributed by atoms with Crippen molar-refractivity contribution in [2.75, 3.05) is 13.2 Å². The van der Waals surface area contributed by atoms with Crippen LogP contribution in [0.3, 0.4) is 0 Å². The lowest BCUT2D eigenvalue weighted by Crippen LogP contribution is -2.39. The molecule has 1 atom stereocenters. The quantitative estimate of drug-likeness (QED) is 0.368. The van der Waals surface area contributed by atoms with Gasteiger partial charge in [-0.2, -0.15) is 0 Å². The molecule has 0 radical (unpaired) electrons. The van der Waals surface area contributed by atoms with Crippen LogP contribution in [0.15, 0.2) is 10.2 Å². The minimum absolute atomic E-state index is 0.0579. The van der Waals surface area contributed by atoms with Crippen LogP contribution in [0.5, 0.6) is 0 Å². The number of ether oxygens (including phenoxy) is 2. The third-order valence-corrected chi connectivity index (χ3v) is 3.44. The highest BCUT2D eigenvalue weighted by molar-refractivity contribution is 14.1. The summed E-state index contributed by atoms with van der Waals surface area (Å²) < 4.78 is 12.4. The van der Waals surface area contributed by atoms with E-state index < -0.39 is 5.79 Å². The summed E-state index contributed by atoms with van der Waals surface area (Å²) in [6.45, 7) is 5.22. The van der Waals surface area contributed by atoms with Gasteiger partial charge in [-0.25, -0.2) is 0 Å². The standard InChI is InChI=1S/C12H15BrClIO2/c1-10(15)9-11(14)3-4-12(5-6-13)16-7-2-8-17-12/h11H,1-4,7-9H2. The fourth-order valence-corrected chi connectivity index (χ4v) is 3.00. The van der Waals surface area contributed by atoms with E-state index in [0.29, 0.717) is 19.6 Å². The van der Waals surface area contributed by atoms with E-state index in [9.17, 15) is 0 Å². The molecule has 2 nitrogen and oxygen atoms in total. The Kier molecular flexibility index (Phi) is 7.43. The van der Waals surface area contributed by atoms with Crippen LogP contribution >= 0.6 is 50.1 Å². The first-order chi connectivity index (χ1) is 8.08. The van der Waals surface area contributed by atoms with Crippen molar-refractivity contribution in [2.24, 2.45) is 0 Å². The lowest BCUT2D eigenvalue weighted by atomic mass is 10.1. The Morgan fingerprint density at radius 1 is 1.53 bits per heavy atom. The van der Waals surface area contributed by atoms with E-state index in [-0.39, 0.29) is 5.38 Å². The van der Waals surface area contributed by atoms with E-state index in [2.05, 4.69) is 55.8 Å². The Bertz CT molecular complexity index is 318. The third-order valence-electron chi connectivity index (χ3n) is 2.43. The van der Waals surface area contributed by atoms with Gasteiger partial charge in [-0.3, -0.25) is 0 Å². The molecule has 17 heavy (non-hydrogen) atoms. The summed E-state index contributed by atoms with van der Waals surface area (Å²) in [5.41, 5.74) is 0. The van der Waals surface area contributed by atoms with Crippen molar-refractivity contribution in [3.63, 3.8) is 0 Å². The fraction of sp³-hybridized carbons (Fsp3) is 0.667. The fourth-order valence-electron chi connectivity index (χ4n) is 1.61. The Labute approximate surface area is 130 Å². The van der Waals surface area contributed by atoms with Crippen molar-refractivity contribution in [3.05, 3.63) is 10.2 Å². The highest BCUT2D eigenvalue weighted by Gasteiger charge is 2.33. The highest BCUT2D eigenvalue weighted by Crippen LogP contribution is 2.28. The summed E-state index contributed by atoms with van der Waals surface area (Å²) in [7, 11) is 0. The monoisotopic (exact) mass is 432 g/mol. The van der Waals surface area contributed by atoms with E-state index in [1.165, 1.54) is 0 Å². The summed E-state index contributed by atoms with van der Waals surface area (Å²) in [5.74, 6) is 2.17. The minimum atomic E-state index is -0.776. The normalized spacial score (nSPS) is 20.2. The molecule has 1 heterocycles.